The van der Waals surface area contributed by atoms with Gasteiger partial charge in [-0.1, -0.05) is 77.8 Å². The summed E-state index contributed by atoms with van der Waals surface area (Å²) in [5.74, 6) is -3.29. The Kier molecular flexibility index (Phi) is 7.56. The van der Waals surface area contributed by atoms with E-state index < -0.39 is 40.3 Å². The number of aryl methyl sites for hydroxylation is 1. The highest BCUT2D eigenvalue weighted by Crippen LogP contribution is 2.40. The molecule has 1 atom stereocenters. The molecule has 0 spiro atoms. The van der Waals surface area contributed by atoms with E-state index in [1.165, 1.54) is 25.3 Å². The molecule has 4 aromatic carbocycles. The second-order valence-electron chi connectivity index (χ2n) is 9.33. The molecule has 0 saturated heterocycles. The van der Waals surface area contributed by atoms with Crippen LogP contribution in [0, 0.1) is 17.0 Å². The van der Waals surface area contributed by atoms with Gasteiger partial charge < -0.3 is 9.47 Å². The van der Waals surface area contributed by atoms with Crippen molar-refractivity contribution in [2.75, 3.05) is 12.0 Å². The molecule has 0 saturated carbocycles. The van der Waals surface area contributed by atoms with Gasteiger partial charge in [-0.3, -0.25) is 24.5 Å². The van der Waals surface area contributed by atoms with Gasteiger partial charge in [-0.05, 0) is 19.1 Å². The first-order valence-corrected chi connectivity index (χ1v) is 12.9. The number of fused-ring (bicyclic) bond motifs is 1. The summed E-state index contributed by atoms with van der Waals surface area (Å²) in [7, 11) is 1.25. The molecule has 42 heavy (non-hydrogen) atoms. The molecule has 0 bridgehead atoms. The molecule has 0 aromatic heterocycles. The zero-order valence-corrected chi connectivity index (χ0v) is 23.0. The van der Waals surface area contributed by atoms with E-state index in [2.05, 4.69) is 0 Å². The maximum absolute atomic E-state index is 13.5. The Morgan fingerprint density at radius 2 is 1.62 bits per heavy atom. The van der Waals surface area contributed by atoms with E-state index in [4.69, 9.17) is 21.1 Å². The van der Waals surface area contributed by atoms with Crippen LogP contribution in [-0.4, -0.2) is 35.6 Å². The SMILES string of the molecule is COc1cc(N2C(=O)c3cccc([N+](=O)[O-])c3C2=O)c(Cl)cc1C(=O)O[C@@H](C(=O)c1ccc(C)cc1)c1ccccc1. The summed E-state index contributed by atoms with van der Waals surface area (Å²) in [5.41, 5.74) is 0.341. The van der Waals surface area contributed by atoms with E-state index in [-0.39, 0.29) is 33.1 Å². The van der Waals surface area contributed by atoms with Crippen LogP contribution in [0.4, 0.5) is 11.4 Å². The number of imide groups is 1. The second-order valence-corrected chi connectivity index (χ2v) is 9.74. The number of Topliss-reactive ketones (excluding diaryl/α,β-unsaturated/α-hetero) is 1. The summed E-state index contributed by atoms with van der Waals surface area (Å²) in [6, 6.07) is 21.3. The van der Waals surface area contributed by atoms with E-state index in [1.807, 2.05) is 6.92 Å². The van der Waals surface area contributed by atoms with Gasteiger partial charge >= 0.3 is 5.97 Å². The molecule has 0 N–H and O–H groups in total. The summed E-state index contributed by atoms with van der Waals surface area (Å²) in [5, 5.41) is 11.3. The molecule has 0 unspecified atom stereocenters. The molecule has 0 aliphatic carbocycles. The summed E-state index contributed by atoms with van der Waals surface area (Å²) in [6.07, 6.45) is -1.30. The first kappa shape index (κ1) is 28.2. The highest BCUT2D eigenvalue weighted by atomic mass is 35.5. The number of ether oxygens (including phenoxy) is 2. The van der Waals surface area contributed by atoms with Crippen molar-refractivity contribution >= 4 is 46.5 Å². The summed E-state index contributed by atoms with van der Waals surface area (Å²) in [6.45, 7) is 1.88. The average molecular weight is 585 g/mol. The monoisotopic (exact) mass is 584 g/mol. The summed E-state index contributed by atoms with van der Waals surface area (Å²) in [4.78, 5) is 64.7. The molecule has 1 aliphatic heterocycles. The van der Waals surface area contributed by atoms with Crippen molar-refractivity contribution in [2.45, 2.75) is 13.0 Å². The van der Waals surface area contributed by atoms with E-state index in [1.54, 1.807) is 54.6 Å². The maximum Gasteiger partial charge on any atom is 0.343 e. The number of benzene rings is 4. The Morgan fingerprint density at radius 3 is 2.26 bits per heavy atom. The van der Waals surface area contributed by atoms with Crippen LogP contribution in [0.2, 0.25) is 5.02 Å². The van der Waals surface area contributed by atoms with Crippen molar-refractivity contribution in [2.24, 2.45) is 0 Å². The minimum atomic E-state index is -1.30. The summed E-state index contributed by atoms with van der Waals surface area (Å²) < 4.78 is 11.1. The number of nitro benzene ring substituents is 1. The molecule has 10 nitrogen and oxygen atoms in total. The van der Waals surface area contributed by atoms with Gasteiger partial charge in [0.2, 0.25) is 5.78 Å². The predicted molar refractivity (Wildman–Crippen MR) is 152 cm³/mol. The van der Waals surface area contributed by atoms with Crippen molar-refractivity contribution in [1.29, 1.82) is 0 Å². The van der Waals surface area contributed by atoms with Crippen LogP contribution in [0.15, 0.2) is 84.9 Å². The molecular formula is C31H21ClN2O8. The first-order valence-electron chi connectivity index (χ1n) is 12.5. The van der Waals surface area contributed by atoms with Crippen molar-refractivity contribution < 1.29 is 33.6 Å². The number of halogens is 1. The van der Waals surface area contributed by atoms with E-state index in [0.29, 0.717) is 16.0 Å². The molecule has 11 heteroatoms. The number of anilines is 1. The third-order valence-corrected chi connectivity index (χ3v) is 7.02. The smallest absolute Gasteiger partial charge is 0.343 e. The fourth-order valence-corrected chi connectivity index (χ4v) is 4.87. The number of rotatable bonds is 8. The first-order chi connectivity index (χ1) is 20.1. The Bertz CT molecular complexity index is 1770. The van der Waals surface area contributed by atoms with Crippen LogP contribution in [-0.2, 0) is 4.74 Å². The molecule has 0 fully saturated rings. The quantitative estimate of drug-likeness (QED) is 0.0792. The minimum absolute atomic E-state index is 0.111. The minimum Gasteiger partial charge on any atom is -0.496 e. The third kappa shape index (κ3) is 4.99. The molecule has 210 valence electrons. The fourth-order valence-electron chi connectivity index (χ4n) is 4.62. The Morgan fingerprint density at radius 1 is 0.929 bits per heavy atom. The van der Waals surface area contributed by atoms with Gasteiger partial charge in [0, 0.05) is 23.3 Å². The van der Waals surface area contributed by atoms with Gasteiger partial charge in [-0.15, -0.1) is 0 Å². The number of esters is 1. The topological polar surface area (TPSA) is 133 Å². The molecule has 1 aliphatic rings. The molecule has 1 heterocycles. The second kappa shape index (κ2) is 11.3. The van der Waals surface area contributed by atoms with Crippen molar-refractivity contribution in [1.82, 2.24) is 0 Å². The third-order valence-electron chi connectivity index (χ3n) is 6.72. The van der Waals surface area contributed by atoms with Gasteiger partial charge in [-0.25, -0.2) is 9.69 Å². The number of hydrogen-bond donors (Lipinski definition) is 0. The molecule has 0 radical (unpaired) electrons. The average Bonchev–Trinajstić information content (AvgIpc) is 3.25. The number of nitro groups is 1. The van der Waals surface area contributed by atoms with E-state index >= 15 is 0 Å². The molecular weight excluding hydrogens is 564 g/mol. The van der Waals surface area contributed by atoms with Crippen LogP contribution in [0.5, 0.6) is 5.75 Å². The Labute approximate surface area is 244 Å². The number of nitrogens with zero attached hydrogens (tertiary/aromatic N) is 2. The van der Waals surface area contributed by atoms with Crippen LogP contribution in [0.1, 0.15) is 58.7 Å². The standard InChI is InChI=1S/C31H21ClN2O8/c1-17-11-13-18(14-12-17)27(35)28(19-7-4-3-5-8-19)42-31(38)21-15-22(32)24(16-25(21)41-2)33-29(36)20-9-6-10-23(34(39)40)26(20)30(33)37/h3-16,28H,1-2H3/t28-/m1/s1. The lowest BCUT2D eigenvalue weighted by Gasteiger charge is -2.20. The van der Waals surface area contributed by atoms with E-state index in [0.717, 1.165) is 17.7 Å². The largest absolute Gasteiger partial charge is 0.496 e. The highest BCUT2D eigenvalue weighted by molar-refractivity contribution is 6.40. The van der Waals surface area contributed by atoms with E-state index in [9.17, 15) is 29.3 Å². The van der Waals surface area contributed by atoms with Gasteiger partial charge in [0.1, 0.15) is 16.9 Å². The van der Waals surface area contributed by atoms with Crippen molar-refractivity contribution in [3.63, 3.8) is 0 Å². The van der Waals surface area contributed by atoms with Crippen molar-refractivity contribution in [3.8, 4) is 5.75 Å². The van der Waals surface area contributed by atoms with Crippen LogP contribution >= 0.6 is 11.6 Å². The van der Waals surface area contributed by atoms with Gasteiger partial charge in [-0.2, -0.15) is 0 Å². The zero-order valence-electron chi connectivity index (χ0n) is 22.2. The number of ketones is 1. The molecule has 5 rings (SSSR count). The lowest BCUT2D eigenvalue weighted by atomic mass is 9.99. The number of amides is 2. The normalized spacial score (nSPS) is 13.0. The Hall–Kier alpha value is -5.35. The Balaban J connectivity index is 1.50. The van der Waals surface area contributed by atoms with Crippen LogP contribution in [0.3, 0.4) is 0 Å². The number of carbonyl (C=O) groups is 4. The highest BCUT2D eigenvalue weighted by Gasteiger charge is 2.43. The zero-order chi connectivity index (χ0) is 30.1. The van der Waals surface area contributed by atoms with Gasteiger partial charge in [0.15, 0.2) is 6.10 Å². The molecule has 2 amide bonds. The number of hydrogen-bond acceptors (Lipinski definition) is 8. The number of methoxy groups -OCH3 is 1. The van der Waals surface area contributed by atoms with Crippen LogP contribution in [0.25, 0.3) is 0 Å². The lowest BCUT2D eigenvalue weighted by molar-refractivity contribution is -0.385. The fraction of sp³-hybridized carbons (Fsp3) is 0.0968. The number of carbonyl (C=O) groups excluding carboxylic acids is 4. The van der Waals surface area contributed by atoms with Gasteiger partial charge in [0.05, 0.1) is 28.3 Å². The maximum atomic E-state index is 13.5. The van der Waals surface area contributed by atoms with Crippen LogP contribution < -0.4 is 9.64 Å². The molecule has 4 aromatic rings. The van der Waals surface area contributed by atoms with Gasteiger partial charge in [0.25, 0.3) is 17.5 Å². The van der Waals surface area contributed by atoms with Crippen molar-refractivity contribution in [3.05, 3.63) is 133 Å². The summed E-state index contributed by atoms with van der Waals surface area (Å²) >= 11 is 6.47. The predicted octanol–water partition coefficient (Wildman–Crippen LogP) is 6.15. The lowest BCUT2D eigenvalue weighted by Crippen LogP contribution is -2.30.